The Balaban J connectivity index is 2.88. The third-order valence-corrected chi connectivity index (χ3v) is 2.76. The van der Waals surface area contributed by atoms with E-state index in [4.69, 9.17) is 10.5 Å². The van der Waals surface area contributed by atoms with Crippen molar-refractivity contribution in [2.75, 3.05) is 6.54 Å². The predicted octanol–water partition coefficient (Wildman–Crippen LogP) is 0.990. The number of amidine groups is 1. The Morgan fingerprint density at radius 2 is 2.11 bits per heavy atom. The smallest absolute Gasteiger partial charge is 0.431 e. The van der Waals surface area contributed by atoms with Crippen LogP contribution < -0.4 is 5.73 Å². The summed E-state index contributed by atoms with van der Waals surface area (Å²) >= 11 is 0. The molecule has 7 nitrogen and oxygen atoms in total. The number of nitrogens with two attached hydrogens (primary N) is 1. The van der Waals surface area contributed by atoms with Crippen LogP contribution in [0.3, 0.4) is 0 Å². The quantitative estimate of drug-likeness (QED) is 0.767. The second-order valence-electron chi connectivity index (χ2n) is 5.26. The maximum atomic E-state index is 11.8. The van der Waals surface area contributed by atoms with Gasteiger partial charge in [-0.25, -0.2) is 4.79 Å². The fourth-order valence-electron chi connectivity index (χ4n) is 1.64. The number of nitrogens with zero attached hydrogens (tertiary/aromatic N) is 2. The molecule has 0 spiro atoms. The third-order valence-electron chi connectivity index (χ3n) is 2.76. The minimum atomic E-state index is -1.31. The Kier molecular flexibility index (Phi) is 3.54. The molecule has 1 unspecified atom stereocenters. The molecule has 1 amide bonds. The van der Waals surface area contributed by atoms with Crippen LogP contribution in [-0.4, -0.2) is 40.2 Å². The molecule has 7 heteroatoms. The van der Waals surface area contributed by atoms with Gasteiger partial charge in [-0.1, -0.05) is 6.92 Å². The normalized spacial score (nSPS) is 23.8. The lowest BCUT2D eigenvalue weighted by Gasteiger charge is -2.25. The van der Waals surface area contributed by atoms with Gasteiger partial charge in [0.05, 0.1) is 6.54 Å². The maximum absolute atomic E-state index is 11.8. The number of carbonyl (C=O) groups excluding carboxylic acids is 1. The largest absolute Gasteiger partial charge is 0.480 e. The number of hydrogen-bond acceptors (Lipinski definition) is 5. The van der Waals surface area contributed by atoms with Crippen LogP contribution in [-0.2, 0) is 9.53 Å². The maximum Gasteiger partial charge on any atom is 0.431 e. The van der Waals surface area contributed by atoms with E-state index in [0.29, 0.717) is 0 Å². The van der Waals surface area contributed by atoms with E-state index in [1.54, 1.807) is 27.7 Å². The summed E-state index contributed by atoms with van der Waals surface area (Å²) in [5.41, 5.74) is 3.66. The fraction of sp³-hybridized carbons (Fsp3) is 0.727. The number of carboxylic acids is 1. The second-order valence-corrected chi connectivity index (χ2v) is 5.26. The standard InChI is InChI=1S/C11H19N3O4/c1-5-11(8(15)16)6-14(13-7(11)12)9(17)18-10(2,3)4/h5-6H2,1-4H3,(H2,12,13)(H,15,16). The molecule has 0 aromatic heterocycles. The molecule has 0 aliphatic carbocycles. The van der Waals surface area contributed by atoms with E-state index in [1.807, 2.05) is 0 Å². The van der Waals surface area contributed by atoms with Gasteiger partial charge in [-0.05, 0) is 27.2 Å². The SMILES string of the molecule is CCC1(C(=O)O)CN(C(=O)OC(C)(C)C)N=C1N. The van der Waals surface area contributed by atoms with Gasteiger partial charge in [-0.15, -0.1) is 0 Å². The van der Waals surface area contributed by atoms with Crippen molar-refractivity contribution >= 4 is 17.9 Å². The van der Waals surface area contributed by atoms with E-state index in [1.165, 1.54) is 0 Å². The van der Waals surface area contributed by atoms with Gasteiger partial charge in [0.25, 0.3) is 0 Å². The molecule has 3 N–H and O–H groups in total. The van der Waals surface area contributed by atoms with E-state index in [9.17, 15) is 14.7 Å². The first kappa shape index (κ1) is 14.3. The average molecular weight is 257 g/mol. The van der Waals surface area contributed by atoms with Crippen molar-refractivity contribution in [3.8, 4) is 0 Å². The van der Waals surface area contributed by atoms with Crippen LogP contribution in [0.25, 0.3) is 0 Å². The lowest BCUT2D eigenvalue weighted by Crippen LogP contribution is -2.45. The van der Waals surface area contributed by atoms with E-state index in [2.05, 4.69) is 5.10 Å². The molecule has 0 fully saturated rings. The summed E-state index contributed by atoms with van der Waals surface area (Å²) in [7, 11) is 0. The Hall–Kier alpha value is -1.79. The zero-order chi connectivity index (χ0) is 14.1. The molecule has 102 valence electrons. The van der Waals surface area contributed by atoms with E-state index >= 15 is 0 Å². The molecule has 0 aromatic carbocycles. The molecule has 0 saturated heterocycles. The van der Waals surface area contributed by atoms with Crippen LogP contribution in [0.2, 0.25) is 0 Å². The van der Waals surface area contributed by atoms with Crippen molar-refractivity contribution in [1.29, 1.82) is 0 Å². The van der Waals surface area contributed by atoms with Gasteiger partial charge in [0.15, 0.2) is 0 Å². The zero-order valence-corrected chi connectivity index (χ0v) is 11.1. The summed E-state index contributed by atoms with van der Waals surface area (Å²) in [4.78, 5) is 23.1. The fourth-order valence-corrected chi connectivity index (χ4v) is 1.64. The number of amides is 1. The monoisotopic (exact) mass is 257 g/mol. The summed E-state index contributed by atoms with van der Waals surface area (Å²) in [6.07, 6.45) is -0.432. The number of carbonyl (C=O) groups is 2. The van der Waals surface area contributed by atoms with Gasteiger partial charge in [0.1, 0.15) is 16.9 Å². The van der Waals surface area contributed by atoms with Crippen LogP contribution in [0.4, 0.5) is 4.79 Å². The topological polar surface area (TPSA) is 105 Å². The van der Waals surface area contributed by atoms with Crippen molar-refractivity contribution < 1.29 is 19.4 Å². The Morgan fingerprint density at radius 3 is 2.44 bits per heavy atom. The Morgan fingerprint density at radius 1 is 1.56 bits per heavy atom. The van der Waals surface area contributed by atoms with Crippen LogP contribution in [0.15, 0.2) is 5.10 Å². The highest BCUT2D eigenvalue weighted by Crippen LogP contribution is 2.30. The number of hydrazone groups is 1. The van der Waals surface area contributed by atoms with Gasteiger partial charge < -0.3 is 15.6 Å². The molecule has 1 aliphatic heterocycles. The Labute approximate surface area is 106 Å². The highest BCUT2D eigenvalue weighted by Gasteiger charge is 2.49. The molecule has 0 saturated carbocycles. The summed E-state index contributed by atoms with van der Waals surface area (Å²) in [5, 5.41) is 14.0. The number of ether oxygens (including phenoxy) is 1. The summed E-state index contributed by atoms with van der Waals surface area (Å²) in [6, 6.07) is 0. The summed E-state index contributed by atoms with van der Waals surface area (Å²) in [6.45, 7) is 6.75. The van der Waals surface area contributed by atoms with Gasteiger partial charge in [0, 0.05) is 0 Å². The van der Waals surface area contributed by atoms with Crippen molar-refractivity contribution in [2.45, 2.75) is 39.7 Å². The molecular weight excluding hydrogens is 238 g/mol. The minimum absolute atomic E-state index is 0.0663. The summed E-state index contributed by atoms with van der Waals surface area (Å²) in [5.74, 6) is -1.15. The Bertz CT molecular complexity index is 400. The van der Waals surface area contributed by atoms with Crippen LogP contribution in [0, 0.1) is 5.41 Å². The third kappa shape index (κ3) is 2.55. The lowest BCUT2D eigenvalue weighted by molar-refractivity contribution is -0.145. The van der Waals surface area contributed by atoms with Gasteiger partial charge >= 0.3 is 12.1 Å². The molecular formula is C11H19N3O4. The molecule has 0 aromatic rings. The second kappa shape index (κ2) is 4.47. The molecule has 18 heavy (non-hydrogen) atoms. The van der Waals surface area contributed by atoms with Crippen molar-refractivity contribution in [3.63, 3.8) is 0 Å². The molecule has 1 rings (SSSR count). The van der Waals surface area contributed by atoms with Crippen LogP contribution in [0.5, 0.6) is 0 Å². The number of hydrogen-bond donors (Lipinski definition) is 2. The highest BCUT2D eigenvalue weighted by atomic mass is 16.6. The molecule has 1 aliphatic rings. The average Bonchev–Trinajstić information content (AvgIpc) is 2.54. The molecule has 0 radical (unpaired) electrons. The van der Waals surface area contributed by atoms with E-state index < -0.39 is 23.1 Å². The molecule has 0 bridgehead atoms. The predicted molar refractivity (Wildman–Crippen MR) is 64.9 cm³/mol. The zero-order valence-electron chi connectivity index (χ0n) is 11.1. The molecule has 1 atom stereocenters. The van der Waals surface area contributed by atoms with Gasteiger partial charge in [-0.3, -0.25) is 4.79 Å². The van der Waals surface area contributed by atoms with E-state index in [-0.39, 0.29) is 18.8 Å². The number of aliphatic carboxylic acids is 1. The first-order valence-electron chi connectivity index (χ1n) is 5.71. The van der Waals surface area contributed by atoms with Crippen LogP contribution in [0.1, 0.15) is 34.1 Å². The van der Waals surface area contributed by atoms with Gasteiger partial charge in [0.2, 0.25) is 0 Å². The first-order valence-corrected chi connectivity index (χ1v) is 5.71. The number of carboxylic acid groups (broad SMARTS) is 1. The lowest BCUT2D eigenvalue weighted by atomic mass is 9.85. The summed E-state index contributed by atoms with van der Waals surface area (Å²) < 4.78 is 5.12. The van der Waals surface area contributed by atoms with Gasteiger partial charge in [-0.2, -0.15) is 10.1 Å². The first-order chi connectivity index (χ1) is 8.12. The van der Waals surface area contributed by atoms with Crippen molar-refractivity contribution in [1.82, 2.24) is 5.01 Å². The minimum Gasteiger partial charge on any atom is -0.480 e. The molecule has 1 heterocycles. The van der Waals surface area contributed by atoms with Crippen molar-refractivity contribution in [3.05, 3.63) is 0 Å². The number of rotatable bonds is 2. The highest BCUT2D eigenvalue weighted by molar-refractivity contribution is 6.06. The van der Waals surface area contributed by atoms with E-state index in [0.717, 1.165) is 5.01 Å². The van der Waals surface area contributed by atoms with Crippen LogP contribution >= 0.6 is 0 Å². The van der Waals surface area contributed by atoms with Crippen molar-refractivity contribution in [2.24, 2.45) is 16.3 Å².